The minimum atomic E-state index is -1.00. The first-order chi connectivity index (χ1) is 8.56. The highest BCUT2D eigenvalue weighted by Crippen LogP contribution is 2.29. The maximum atomic E-state index is 12.0. The van der Waals surface area contributed by atoms with E-state index >= 15 is 0 Å². The van der Waals surface area contributed by atoms with Gasteiger partial charge in [0.25, 0.3) is 5.56 Å². The fraction of sp³-hybridized carbons (Fsp3) is 0.231. The van der Waals surface area contributed by atoms with Gasteiger partial charge in [0.1, 0.15) is 11.8 Å². The third-order valence-electron chi connectivity index (χ3n) is 2.76. The second-order valence-electron chi connectivity index (χ2n) is 4.19. The second-order valence-corrected chi connectivity index (χ2v) is 4.19. The first-order valence-electron chi connectivity index (χ1n) is 5.55. The molecule has 1 unspecified atom stereocenters. The molecule has 5 nitrogen and oxygen atoms in total. The van der Waals surface area contributed by atoms with E-state index in [1.807, 2.05) is 20.2 Å². The number of nitrogens with one attached hydrogen (secondary N) is 1. The van der Waals surface area contributed by atoms with Crippen molar-refractivity contribution in [2.24, 2.45) is 0 Å². The predicted octanol–water partition coefficient (Wildman–Crippen LogP) is 1.21. The predicted molar refractivity (Wildman–Crippen MR) is 71.8 cm³/mol. The van der Waals surface area contributed by atoms with Gasteiger partial charge in [0, 0.05) is 25.7 Å². The Hall–Kier alpha value is -2.14. The fourth-order valence-corrected chi connectivity index (χ4v) is 2.00. The molecule has 0 amide bonds. The van der Waals surface area contributed by atoms with Crippen LogP contribution in [0.15, 0.2) is 35.8 Å². The van der Waals surface area contributed by atoms with Crippen molar-refractivity contribution in [3.8, 4) is 0 Å². The zero-order chi connectivity index (χ0) is 13.3. The van der Waals surface area contributed by atoms with Crippen molar-refractivity contribution < 1.29 is 5.11 Å². The smallest absolute Gasteiger partial charge is 0.257 e. The van der Waals surface area contributed by atoms with E-state index in [0.29, 0.717) is 11.3 Å². The highest BCUT2D eigenvalue weighted by molar-refractivity contribution is 5.91. The van der Waals surface area contributed by atoms with E-state index in [0.717, 1.165) is 5.39 Å². The first kappa shape index (κ1) is 12.3. The SMILES string of the molecule is C=CC(O)c1c(N(C)C)c2cccnc2[nH]c1=O. The first-order valence-corrected chi connectivity index (χ1v) is 5.55. The van der Waals surface area contributed by atoms with Gasteiger partial charge in [0.15, 0.2) is 0 Å². The molecule has 2 rings (SSSR count). The summed E-state index contributed by atoms with van der Waals surface area (Å²) in [6, 6.07) is 3.64. The zero-order valence-corrected chi connectivity index (χ0v) is 10.3. The molecular weight excluding hydrogens is 230 g/mol. The average molecular weight is 245 g/mol. The molecule has 5 heteroatoms. The molecule has 2 aromatic rings. The van der Waals surface area contributed by atoms with Gasteiger partial charge < -0.3 is 15.0 Å². The summed E-state index contributed by atoms with van der Waals surface area (Å²) in [5, 5.41) is 10.7. The van der Waals surface area contributed by atoms with Crippen LogP contribution in [0.5, 0.6) is 0 Å². The second kappa shape index (κ2) is 4.62. The van der Waals surface area contributed by atoms with E-state index in [1.165, 1.54) is 6.08 Å². The number of H-pyrrole nitrogens is 1. The number of hydrogen-bond acceptors (Lipinski definition) is 4. The van der Waals surface area contributed by atoms with Crippen LogP contribution in [-0.4, -0.2) is 29.2 Å². The molecule has 2 heterocycles. The van der Waals surface area contributed by atoms with Gasteiger partial charge in [0.05, 0.1) is 11.3 Å². The lowest BCUT2D eigenvalue weighted by Gasteiger charge is -2.20. The number of fused-ring (bicyclic) bond motifs is 1. The molecule has 2 N–H and O–H groups in total. The topological polar surface area (TPSA) is 69.2 Å². The van der Waals surface area contributed by atoms with Gasteiger partial charge in [0.2, 0.25) is 0 Å². The summed E-state index contributed by atoms with van der Waals surface area (Å²) in [7, 11) is 3.64. The van der Waals surface area contributed by atoms with Crippen LogP contribution in [0.25, 0.3) is 11.0 Å². The number of nitrogens with zero attached hydrogens (tertiary/aromatic N) is 2. The number of aliphatic hydroxyl groups excluding tert-OH is 1. The molecule has 0 aromatic carbocycles. The lowest BCUT2D eigenvalue weighted by atomic mass is 10.1. The zero-order valence-electron chi connectivity index (χ0n) is 10.3. The maximum Gasteiger partial charge on any atom is 0.257 e. The molecule has 18 heavy (non-hydrogen) atoms. The Morgan fingerprint density at radius 2 is 2.28 bits per heavy atom. The summed E-state index contributed by atoms with van der Waals surface area (Å²) in [6.45, 7) is 3.52. The summed E-state index contributed by atoms with van der Waals surface area (Å²) < 4.78 is 0. The van der Waals surface area contributed by atoms with E-state index in [4.69, 9.17) is 0 Å². The molecule has 0 saturated heterocycles. The van der Waals surface area contributed by atoms with Crippen LogP contribution in [0.1, 0.15) is 11.7 Å². The summed E-state index contributed by atoms with van der Waals surface area (Å²) in [5.41, 5.74) is 1.10. The molecular formula is C13H15N3O2. The number of pyridine rings is 2. The van der Waals surface area contributed by atoms with Gasteiger partial charge in [-0.1, -0.05) is 6.08 Å². The lowest BCUT2D eigenvalue weighted by molar-refractivity contribution is 0.228. The van der Waals surface area contributed by atoms with E-state index in [2.05, 4.69) is 16.5 Å². The van der Waals surface area contributed by atoms with Gasteiger partial charge >= 0.3 is 0 Å². The molecule has 94 valence electrons. The van der Waals surface area contributed by atoms with E-state index in [9.17, 15) is 9.90 Å². The highest BCUT2D eigenvalue weighted by atomic mass is 16.3. The highest BCUT2D eigenvalue weighted by Gasteiger charge is 2.19. The van der Waals surface area contributed by atoms with Crippen LogP contribution >= 0.6 is 0 Å². The van der Waals surface area contributed by atoms with Crippen molar-refractivity contribution in [2.45, 2.75) is 6.10 Å². The quantitative estimate of drug-likeness (QED) is 0.797. The van der Waals surface area contributed by atoms with Crippen molar-refractivity contribution in [3.63, 3.8) is 0 Å². The Bertz CT molecular complexity index is 646. The molecule has 0 aliphatic rings. The van der Waals surface area contributed by atoms with Crippen molar-refractivity contribution in [2.75, 3.05) is 19.0 Å². The van der Waals surface area contributed by atoms with Gasteiger partial charge in [-0.3, -0.25) is 4.79 Å². The van der Waals surface area contributed by atoms with Crippen LogP contribution in [0, 0.1) is 0 Å². The van der Waals surface area contributed by atoms with Gasteiger partial charge in [-0.05, 0) is 12.1 Å². The summed E-state index contributed by atoms with van der Waals surface area (Å²) in [5.74, 6) is 0. The summed E-state index contributed by atoms with van der Waals surface area (Å²) in [6.07, 6.45) is 1.94. The maximum absolute atomic E-state index is 12.0. The Morgan fingerprint density at radius 1 is 1.56 bits per heavy atom. The molecule has 1 atom stereocenters. The largest absolute Gasteiger partial charge is 0.384 e. The van der Waals surface area contributed by atoms with Crippen molar-refractivity contribution in [1.82, 2.24) is 9.97 Å². The standard InChI is InChI=1S/C13H15N3O2/c1-4-9(17)10-11(16(2)3)8-6-5-7-14-12(8)15-13(10)18/h4-7,9,17H,1H2,2-3H3,(H,14,15,18). The van der Waals surface area contributed by atoms with Crippen LogP contribution in [0.3, 0.4) is 0 Å². The molecule has 0 radical (unpaired) electrons. The number of aromatic nitrogens is 2. The average Bonchev–Trinajstić information content (AvgIpc) is 2.35. The van der Waals surface area contributed by atoms with Crippen molar-refractivity contribution >= 4 is 16.7 Å². The fourth-order valence-electron chi connectivity index (χ4n) is 2.00. The van der Waals surface area contributed by atoms with Gasteiger partial charge in [-0.15, -0.1) is 6.58 Å². The number of aromatic amines is 1. The normalized spacial score (nSPS) is 12.4. The molecule has 0 aliphatic carbocycles. The lowest BCUT2D eigenvalue weighted by Crippen LogP contribution is -2.23. The third-order valence-corrected chi connectivity index (χ3v) is 2.76. The molecule has 0 aliphatic heterocycles. The van der Waals surface area contributed by atoms with Crippen LogP contribution in [-0.2, 0) is 0 Å². The van der Waals surface area contributed by atoms with Crippen LogP contribution in [0.4, 0.5) is 5.69 Å². The summed E-state index contributed by atoms with van der Waals surface area (Å²) >= 11 is 0. The number of rotatable bonds is 3. The minimum absolute atomic E-state index is 0.288. The van der Waals surface area contributed by atoms with Crippen LogP contribution < -0.4 is 10.5 Å². The van der Waals surface area contributed by atoms with Crippen molar-refractivity contribution in [3.05, 3.63) is 46.9 Å². The van der Waals surface area contributed by atoms with Gasteiger partial charge in [-0.25, -0.2) is 4.98 Å². The monoisotopic (exact) mass is 245 g/mol. The Kier molecular flexibility index (Phi) is 3.16. The Balaban J connectivity index is 2.92. The number of anilines is 1. The minimum Gasteiger partial charge on any atom is -0.384 e. The van der Waals surface area contributed by atoms with E-state index in [-0.39, 0.29) is 11.1 Å². The number of hydrogen-bond donors (Lipinski definition) is 2. The van der Waals surface area contributed by atoms with Crippen LogP contribution in [0.2, 0.25) is 0 Å². The molecule has 2 aromatic heterocycles. The van der Waals surface area contributed by atoms with E-state index < -0.39 is 6.10 Å². The van der Waals surface area contributed by atoms with Gasteiger partial charge in [-0.2, -0.15) is 0 Å². The third kappa shape index (κ3) is 1.89. The molecule has 0 saturated carbocycles. The Morgan fingerprint density at radius 3 is 2.89 bits per heavy atom. The summed E-state index contributed by atoms with van der Waals surface area (Å²) in [4.78, 5) is 20.6. The molecule has 0 bridgehead atoms. The van der Waals surface area contributed by atoms with E-state index in [1.54, 1.807) is 17.2 Å². The van der Waals surface area contributed by atoms with Crippen molar-refractivity contribution in [1.29, 1.82) is 0 Å². The molecule has 0 spiro atoms. The number of aliphatic hydroxyl groups is 1. The Labute approximate surface area is 104 Å². The molecule has 0 fully saturated rings.